The molecular formula is C17H23N3O. The molecule has 21 heavy (non-hydrogen) atoms. The second-order valence-electron chi connectivity index (χ2n) is 5.43. The molecule has 4 heteroatoms. The minimum Gasteiger partial charge on any atom is -0.325 e. The molecular weight excluding hydrogens is 262 g/mol. The molecule has 0 saturated carbocycles. The summed E-state index contributed by atoms with van der Waals surface area (Å²) in [6, 6.07) is 5.83. The predicted octanol–water partition coefficient (Wildman–Crippen LogP) is 2.71. The van der Waals surface area contributed by atoms with Gasteiger partial charge in [-0.25, -0.2) is 4.79 Å². The highest BCUT2D eigenvalue weighted by atomic mass is 16.2. The SMILES string of the molecule is Cc1cc(C#CCN)cc(NC(=O)N2CCCCCC2)c1. The fourth-order valence-electron chi connectivity index (χ4n) is 2.56. The second kappa shape index (κ2) is 7.70. The van der Waals surface area contributed by atoms with E-state index in [-0.39, 0.29) is 6.03 Å². The van der Waals surface area contributed by atoms with Crippen LogP contribution in [0.25, 0.3) is 0 Å². The monoisotopic (exact) mass is 285 g/mol. The number of likely N-dealkylation sites (tertiary alicyclic amines) is 1. The number of carbonyl (C=O) groups is 1. The molecule has 112 valence electrons. The first-order valence-corrected chi connectivity index (χ1v) is 7.55. The zero-order valence-corrected chi connectivity index (χ0v) is 12.6. The van der Waals surface area contributed by atoms with Crippen molar-refractivity contribution in [2.75, 3.05) is 25.0 Å². The molecule has 0 atom stereocenters. The van der Waals surface area contributed by atoms with Crippen LogP contribution in [0.5, 0.6) is 0 Å². The minimum absolute atomic E-state index is 0.0137. The molecule has 2 rings (SSSR count). The van der Waals surface area contributed by atoms with Gasteiger partial charge >= 0.3 is 6.03 Å². The van der Waals surface area contributed by atoms with Crippen LogP contribution in [0.4, 0.5) is 10.5 Å². The minimum atomic E-state index is -0.0137. The number of amides is 2. The van der Waals surface area contributed by atoms with E-state index in [9.17, 15) is 4.79 Å². The summed E-state index contributed by atoms with van der Waals surface area (Å²) in [4.78, 5) is 14.2. The first kappa shape index (κ1) is 15.4. The molecule has 1 aliphatic rings. The summed E-state index contributed by atoms with van der Waals surface area (Å²) in [6.45, 7) is 4.02. The average molecular weight is 285 g/mol. The fraction of sp³-hybridized carbons (Fsp3) is 0.471. The summed E-state index contributed by atoms with van der Waals surface area (Å²) in [7, 11) is 0. The third-order valence-electron chi connectivity index (χ3n) is 3.56. The number of nitrogens with zero attached hydrogens (tertiary/aromatic N) is 1. The van der Waals surface area contributed by atoms with Crippen molar-refractivity contribution < 1.29 is 4.79 Å². The van der Waals surface area contributed by atoms with Crippen LogP contribution in [0, 0.1) is 18.8 Å². The number of aryl methyl sites for hydroxylation is 1. The van der Waals surface area contributed by atoms with Gasteiger partial charge in [-0.05, 0) is 43.5 Å². The lowest BCUT2D eigenvalue weighted by molar-refractivity contribution is 0.214. The Morgan fingerprint density at radius 1 is 1.24 bits per heavy atom. The van der Waals surface area contributed by atoms with Crippen molar-refractivity contribution in [3.63, 3.8) is 0 Å². The molecule has 1 aliphatic heterocycles. The topological polar surface area (TPSA) is 58.4 Å². The Bertz CT molecular complexity index is 549. The summed E-state index contributed by atoms with van der Waals surface area (Å²) >= 11 is 0. The Labute approximate surface area is 126 Å². The molecule has 3 N–H and O–H groups in total. The van der Waals surface area contributed by atoms with E-state index in [0.717, 1.165) is 42.7 Å². The Morgan fingerprint density at radius 3 is 2.62 bits per heavy atom. The van der Waals surface area contributed by atoms with E-state index in [1.165, 1.54) is 12.8 Å². The summed E-state index contributed by atoms with van der Waals surface area (Å²) in [5.74, 6) is 5.85. The molecule has 0 unspecified atom stereocenters. The number of nitrogens with two attached hydrogens (primary N) is 1. The van der Waals surface area contributed by atoms with Crippen molar-refractivity contribution in [2.45, 2.75) is 32.6 Å². The number of urea groups is 1. The zero-order chi connectivity index (χ0) is 15.1. The third-order valence-corrected chi connectivity index (χ3v) is 3.56. The van der Waals surface area contributed by atoms with Gasteiger partial charge in [0.05, 0.1) is 6.54 Å². The van der Waals surface area contributed by atoms with Gasteiger partial charge in [-0.2, -0.15) is 0 Å². The smallest absolute Gasteiger partial charge is 0.321 e. The third kappa shape index (κ3) is 4.80. The molecule has 1 saturated heterocycles. The summed E-state index contributed by atoms with van der Waals surface area (Å²) in [5, 5.41) is 2.99. The summed E-state index contributed by atoms with van der Waals surface area (Å²) in [6.07, 6.45) is 4.61. The van der Waals surface area contributed by atoms with Gasteiger partial charge in [0.2, 0.25) is 0 Å². The van der Waals surface area contributed by atoms with Crippen LogP contribution in [-0.2, 0) is 0 Å². The van der Waals surface area contributed by atoms with Crippen molar-refractivity contribution in [1.29, 1.82) is 0 Å². The molecule has 1 aromatic rings. The van der Waals surface area contributed by atoms with E-state index in [2.05, 4.69) is 17.2 Å². The number of rotatable bonds is 1. The van der Waals surface area contributed by atoms with E-state index < -0.39 is 0 Å². The average Bonchev–Trinajstić information content (AvgIpc) is 2.73. The predicted molar refractivity (Wildman–Crippen MR) is 86.2 cm³/mol. The lowest BCUT2D eigenvalue weighted by atomic mass is 10.1. The van der Waals surface area contributed by atoms with Gasteiger partial charge in [-0.15, -0.1) is 0 Å². The first-order valence-electron chi connectivity index (χ1n) is 7.55. The second-order valence-corrected chi connectivity index (χ2v) is 5.43. The molecule has 1 heterocycles. The van der Waals surface area contributed by atoms with Crippen LogP contribution in [0.3, 0.4) is 0 Å². The van der Waals surface area contributed by atoms with E-state index in [1.54, 1.807) is 0 Å². The van der Waals surface area contributed by atoms with E-state index >= 15 is 0 Å². The van der Waals surface area contributed by atoms with Gasteiger partial charge < -0.3 is 16.0 Å². The van der Waals surface area contributed by atoms with Crippen molar-refractivity contribution in [3.8, 4) is 11.8 Å². The van der Waals surface area contributed by atoms with Gasteiger partial charge in [0, 0.05) is 24.3 Å². The molecule has 2 amide bonds. The van der Waals surface area contributed by atoms with Gasteiger partial charge in [0.1, 0.15) is 0 Å². The lowest BCUT2D eigenvalue weighted by Crippen LogP contribution is -2.35. The molecule has 4 nitrogen and oxygen atoms in total. The quantitative estimate of drug-likeness (QED) is 0.779. The first-order chi connectivity index (χ1) is 10.2. The molecule has 0 aromatic heterocycles. The Kier molecular flexibility index (Phi) is 5.65. The highest BCUT2D eigenvalue weighted by Crippen LogP contribution is 2.16. The largest absolute Gasteiger partial charge is 0.325 e. The standard InChI is InChI=1S/C17H23N3O/c1-14-11-15(7-6-8-18)13-16(12-14)19-17(21)20-9-4-2-3-5-10-20/h11-13H,2-5,8-10,18H2,1H3,(H,19,21). The summed E-state index contributed by atoms with van der Waals surface area (Å²) in [5.41, 5.74) is 8.15. The van der Waals surface area contributed by atoms with Crippen molar-refractivity contribution >= 4 is 11.7 Å². The van der Waals surface area contributed by atoms with Crippen LogP contribution >= 0.6 is 0 Å². The normalized spacial score (nSPS) is 14.9. The van der Waals surface area contributed by atoms with Crippen molar-refractivity contribution in [3.05, 3.63) is 29.3 Å². The Hall–Kier alpha value is -1.99. The maximum atomic E-state index is 12.3. The highest BCUT2D eigenvalue weighted by Gasteiger charge is 2.15. The Balaban J connectivity index is 2.07. The van der Waals surface area contributed by atoms with Crippen molar-refractivity contribution in [1.82, 2.24) is 4.90 Å². The fourth-order valence-corrected chi connectivity index (χ4v) is 2.56. The maximum Gasteiger partial charge on any atom is 0.321 e. The number of anilines is 1. The van der Waals surface area contributed by atoms with E-state index in [1.807, 2.05) is 30.0 Å². The number of hydrogen-bond acceptors (Lipinski definition) is 2. The summed E-state index contributed by atoms with van der Waals surface area (Å²) < 4.78 is 0. The van der Waals surface area contributed by atoms with E-state index in [0.29, 0.717) is 6.54 Å². The molecule has 0 radical (unpaired) electrons. The van der Waals surface area contributed by atoms with Gasteiger partial charge in [0.15, 0.2) is 0 Å². The number of benzene rings is 1. The molecule has 1 fully saturated rings. The van der Waals surface area contributed by atoms with Crippen LogP contribution in [0.2, 0.25) is 0 Å². The van der Waals surface area contributed by atoms with Gasteiger partial charge in [-0.3, -0.25) is 0 Å². The zero-order valence-electron chi connectivity index (χ0n) is 12.6. The van der Waals surface area contributed by atoms with E-state index in [4.69, 9.17) is 5.73 Å². The number of nitrogens with one attached hydrogen (secondary N) is 1. The highest BCUT2D eigenvalue weighted by molar-refractivity contribution is 5.89. The molecule has 0 aliphatic carbocycles. The van der Waals surface area contributed by atoms with Crippen LogP contribution in [0.1, 0.15) is 36.8 Å². The molecule has 1 aromatic carbocycles. The Morgan fingerprint density at radius 2 is 1.95 bits per heavy atom. The van der Waals surface area contributed by atoms with Crippen molar-refractivity contribution in [2.24, 2.45) is 5.73 Å². The van der Waals surface area contributed by atoms with Gasteiger partial charge in [-0.1, -0.05) is 24.7 Å². The number of hydrogen-bond donors (Lipinski definition) is 2. The molecule has 0 bridgehead atoms. The van der Waals surface area contributed by atoms with Crippen LogP contribution in [-0.4, -0.2) is 30.6 Å². The number of carbonyl (C=O) groups excluding carboxylic acids is 1. The molecule has 0 spiro atoms. The van der Waals surface area contributed by atoms with Gasteiger partial charge in [0.25, 0.3) is 0 Å². The maximum absolute atomic E-state index is 12.3. The lowest BCUT2D eigenvalue weighted by Gasteiger charge is -2.21. The van der Waals surface area contributed by atoms with Crippen LogP contribution in [0.15, 0.2) is 18.2 Å². The van der Waals surface area contributed by atoms with Crippen LogP contribution < -0.4 is 11.1 Å².